The molecule has 1 aliphatic carbocycles. The summed E-state index contributed by atoms with van der Waals surface area (Å²) in [4.78, 5) is 15.7. The van der Waals surface area contributed by atoms with E-state index in [4.69, 9.17) is 0 Å². The molecule has 140 valence electrons. The summed E-state index contributed by atoms with van der Waals surface area (Å²) < 4.78 is 0. The summed E-state index contributed by atoms with van der Waals surface area (Å²) in [6, 6.07) is 19.4. The number of nitrogens with zero attached hydrogens (tertiary/aromatic N) is 1. The van der Waals surface area contributed by atoms with Crippen molar-refractivity contribution in [1.29, 1.82) is 0 Å². The highest BCUT2D eigenvalue weighted by Gasteiger charge is 2.57. The summed E-state index contributed by atoms with van der Waals surface area (Å²) in [5.74, 6) is 0.402. The third-order valence-corrected chi connectivity index (χ3v) is 7.22. The predicted octanol–water partition coefficient (Wildman–Crippen LogP) is 3.39. The minimum atomic E-state index is -0.175. The summed E-state index contributed by atoms with van der Waals surface area (Å²) in [7, 11) is 0. The zero-order chi connectivity index (χ0) is 18.4. The van der Waals surface area contributed by atoms with Crippen LogP contribution in [0.2, 0.25) is 0 Å². The van der Waals surface area contributed by atoms with Crippen molar-refractivity contribution in [2.45, 2.75) is 50.6 Å². The van der Waals surface area contributed by atoms with Crippen LogP contribution in [0, 0.1) is 11.3 Å². The van der Waals surface area contributed by atoms with E-state index in [-0.39, 0.29) is 24.0 Å². The number of carbonyl (C=O) groups is 1. The van der Waals surface area contributed by atoms with Crippen LogP contribution in [0.5, 0.6) is 0 Å². The van der Waals surface area contributed by atoms with Crippen LogP contribution >= 0.6 is 0 Å². The lowest BCUT2D eigenvalue weighted by Crippen LogP contribution is -2.45. The number of fused-ring (bicyclic) bond motifs is 3. The normalized spacial score (nSPS) is 29.3. The maximum Gasteiger partial charge on any atom is 0.226 e. The molecular formula is C24H27NO2. The van der Waals surface area contributed by atoms with E-state index in [1.807, 2.05) is 6.07 Å². The van der Waals surface area contributed by atoms with Gasteiger partial charge < -0.3 is 10.0 Å². The highest BCUT2D eigenvalue weighted by Crippen LogP contribution is 2.52. The van der Waals surface area contributed by atoms with Gasteiger partial charge in [-0.15, -0.1) is 0 Å². The van der Waals surface area contributed by atoms with E-state index < -0.39 is 0 Å². The molecule has 3 atom stereocenters. The molecule has 2 heterocycles. The number of benzene rings is 2. The number of carbonyl (C=O) groups excluding carboxylic acids is 1. The molecule has 2 aromatic carbocycles. The van der Waals surface area contributed by atoms with Gasteiger partial charge in [-0.3, -0.25) is 4.79 Å². The molecular weight excluding hydrogens is 334 g/mol. The van der Waals surface area contributed by atoms with Gasteiger partial charge in [0.2, 0.25) is 5.91 Å². The van der Waals surface area contributed by atoms with Crippen LogP contribution in [-0.2, 0) is 24.1 Å². The number of rotatable bonds is 4. The molecule has 0 radical (unpaired) electrons. The summed E-state index contributed by atoms with van der Waals surface area (Å²) in [5, 5.41) is 10.4. The first-order valence-electron chi connectivity index (χ1n) is 10.2. The third kappa shape index (κ3) is 2.71. The second-order valence-corrected chi connectivity index (χ2v) is 8.75. The van der Waals surface area contributed by atoms with E-state index in [1.165, 1.54) is 16.7 Å². The monoisotopic (exact) mass is 361 g/mol. The van der Waals surface area contributed by atoms with Crippen LogP contribution in [0.3, 0.4) is 0 Å². The second kappa shape index (κ2) is 6.49. The smallest absolute Gasteiger partial charge is 0.226 e. The molecule has 3 nitrogen and oxygen atoms in total. The molecule has 0 unspecified atom stereocenters. The van der Waals surface area contributed by atoms with E-state index in [0.29, 0.717) is 11.9 Å². The topological polar surface area (TPSA) is 40.5 Å². The SMILES string of the molecule is O=C(C1Cc2ccccc2C1)N1[C@H]2CC[C@@H]1[C@@](CO)(Cc1ccccc1)C2. The fraction of sp³-hybridized carbons (Fsp3) is 0.458. The second-order valence-electron chi connectivity index (χ2n) is 8.75. The van der Waals surface area contributed by atoms with Crippen molar-refractivity contribution in [2.24, 2.45) is 11.3 Å². The molecule has 2 saturated heterocycles. The molecule has 27 heavy (non-hydrogen) atoms. The molecule has 0 aromatic heterocycles. The van der Waals surface area contributed by atoms with Crippen LogP contribution in [0.1, 0.15) is 36.0 Å². The molecule has 1 amide bonds. The molecule has 5 rings (SSSR count). The molecule has 3 aliphatic rings. The molecule has 2 fully saturated rings. The van der Waals surface area contributed by atoms with Crippen LogP contribution in [0.25, 0.3) is 0 Å². The van der Waals surface area contributed by atoms with Gasteiger partial charge in [-0.2, -0.15) is 0 Å². The van der Waals surface area contributed by atoms with Crippen molar-refractivity contribution in [1.82, 2.24) is 4.90 Å². The third-order valence-electron chi connectivity index (χ3n) is 7.22. The standard InChI is InChI=1S/C24H27NO2/c26-16-24(14-17-6-2-1-3-7-17)15-21-10-11-22(24)25(21)23(27)20-12-18-8-4-5-9-19(18)13-20/h1-9,20-22,26H,10-16H2/t21-,22+,24-/m0/s1. The Morgan fingerprint density at radius 2 is 1.67 bits per heavy atom. The Morgan fingerprint density at radius 1 is 1.00 bits per heavy atom. The van der Waals surface area contributed by atoms with Gasteiger partial charge in [-0.1, -0.05) is 54.6 Å². The lowest BCUT2D eigenvalue weighted by Gasteiger charge is -2.36. The predicted molar refractivity (Wildman–Crippen MR) is 105 cm³/mol. The van der Waals surface area contributed by atoms with Crippen molar-refractivity contribution < 1.29 is 9.90 Å². The summed E-state index contributed by atoms with van der Waals surface area (Å²) in [6.45, 7) is 0.164. The van der Waals surface area contributed by atoms with Crippen LogP contribution in [0.4, 0.5) is 0 Å². The van der Waals surface area contributed by atoms with Gasteiger partial charge in [0, 0.05) is 23.4 Å². The van der Waals surface area contributed by atoms with Gasteiger partial charge in [0.05, 0.1) is 6.61 Å². The summed E-state index contributed by atoms with van der Waals surface area (Å²) >= 11 is 0. The van der Waals surface area contributed by atoms with Crippen molar-refractivity contribution in [3.05, 3.63) is 71.3 Å². The van der Waals surface area contributed by atoms with Crippen molar-refractivity contribution >= 4 is 5.91 Å². The zero-order valence-electron chi connectivity index (χ0n) is 15.7. The number of hydrogen-bond acceptors (Lipinski definition) is 2. The average molecular weight is 361 g/mol. The van der Waals surface area contributed by atoms with Crippen LogP contribution in [0.15, 0.2) is 54.6 Å². The molecule has 2 bridgehead atoms. The van der Waals surface area contributed by atoms with E-state index in [0.717, 1.165) is 38.5 Å². The van der Waals surface area contributed by atoms with Crippen LogP contribution in [-0.4, -0.2) is 34.6 Å². The molecule has 3 heteroatoms. The largest absolute Gasteiger partial charge is 0.396 e. The number of aliphatic hydroxyl groups excluding tert-OH is 1. The Bertz CT molecular complexity index is 823. The van der Waals surface area contributed by atoms with Crippen molar-refractivity contribution in [3.63, 3.8) is 0 Å². The first-order valence-corrected chi connectivity index (χ1v) is 10.2. The van der Waals surface area contributed by atoms with Crippen molar-refractivity contribution in [3.8, 4) is 0 Å². The van der Waals surface area contributed by atoms with Gasteiger partial charge in [-0.25, -0.2) is 0 Å². The van der Waals surface area contributed by atoms with E-state index in [9.17, 15) is 9.90 Å². The number of hydrogen-bond donors (Lipinski definition) is 1. The van der Waals surface area contributed by atoms with E-state index in [2.05, 4.69) is 53.4 Å². The van der Waals surface area contributed by atoms with Gasteiger partial charge in [0.25, 0.3) is 0 Å². The molecule has 0 saturated carbocycles. The minimum Gasteiger partial charge on any atom is -0.396 e. The highest BCUT2D eigenvalue weighted by atomic mass is 16.3. The van der Waals surface area contributed by atoms with E-state index >= 15 is 0 Å². The summed E-state index contributed by atoms with van der Waals surface area (Å²) in [6.07, 6.45) is 5.66. The van der Waals surface area contributed by atoms with Gasteiger partial charge >= 0.3 is 0 Å². The maximum atomic E-state index is 13.5. The Morgan fingerprint density at radius 3 is 2.33 bits per heavy atom. The maximum absolute atomic E-state index is 13.5. The zero-order valence-corrected chi connectivity index (χ0v) is 15.7. The van der Waals surface area contributed by atoms with Gasteiger partial charge in [0.15, 0.2) is 0 Å². The van der Waals surface area contributed by atoms with Gasteiger partial charge in [0.1, 0.15) is 0 Å². The molecule has 2 aliphatic heterocycles. The van der Waals surface area contributed by atoms with E-state index in [1.54, 1.807) is 0 Å². The fourth-order valence-electron chi connectivity index (χ4n) is 5.99. The highest BCUT2D eigenvalue weighted by molar-refractivity contribution is 5.82. The molecule has 2 aromatic rings. The summed E-state index contributed by atoms with van der Waals surface area (Å²) in [5.41, 5.74) is 3.76. The van der Waals surface area contributed by atoms with Crippen molar-refractivity contribution in [2.75, 3.05) is 6.61 Å². The quantitative estimate of drug-likeness (QED) is 0.907. The first kappa shape index (κ1) is 17.0. The molecule has 1 N–H and O–H groups in total. The lowest BCUT2D eigenvalue weighted by atomic mass is 9.70. The Kier molecular flexibility index (Phi) is 4.08. The minimum absolute atomic E-state index is 0.0803. The Balaban J connectivity index is 1.38. The van der Waals surface area contributed by atoms with Crippen LogP contribution < -0.4 is 0 Å². The Labute approximate surface area is 161 Å². The lowest BCUT2D eigenvalue weighted by molar-refractivity contribution is -0.137. The number of aliphatic hydroxyl groups is 1. The Hall–Kier alpha value is -2.13. The number of amides is 1. The average Bonchev–Trinajstić information content (AvgIpc) is 3.39. The molecule has 0 spiro atoms. The first-order chi connectivity index (χ1) is 13.2. The van der Waals surface area contributed by atoms with Gasteiger partial charge in [-0.05, 0) is 55.2 Å². The fourth-order valence-corrected chi connectivity index (χ4v) is 5.99.